The number of guanidine groups is 1. The number of carbonyl (C=O) groups excluding carboxylic acids is 2. The van der Waals surface area contributed by atoms with E-state index in [0.717, 1.165) is 23.1 Å². The minimum absolute atomic E-state index is 0.00225. The third kappa shape index (κ3) is 10.8. The number of amides is 2. The van der Waals surface area contributed by atoms with Crippen LogP contribution < -0.4 is 4.74 Å². The summed E-state index contributed by atoms with van der Waals surface area (Å²) in [6.07, 6.45) is -2.28. The summed E-state index contributed by atoms with van der Waals surface area (Å²) >= 11 is -4.68. The predicted molar refractivity (Wildman–Crippen MR) is 189 cm³/mol. The molecule has 1 aliphatic rings. The molecule has 13 nitrogen and oxygen atoms in total. The van der Waals surface area contributed by atoms with Crippen molar-refractivity contribution in [2.75, 3.05) is 34.5 Å². The summed E-state index contributed by atoms with van der Waals surface area (Å²) in [6.45, 7) is 12.5. The second-order valence-electron chi connectivity index (χ2n) is 13.3. The third-order valence-corrected chi connectivity index (χ3v) is 13.8. The number of ether oxygens (including phenoxy) is 3. The van der Waals surface area contributed by atoms with Crippen molar-refractivity contribution in [3.05, 3.63) is 73.1 Å². The van der Waals surface area contributed by atoms with E-state index in [1.807, 2.05) is 0 Å². The van der Waals surface area contributed by atoms with Crippen LogP contribution in [0.25, 0.3) is 0 Å². The first-order chi connectivity index (χ1) is 23.7. The first-order valence-electron chi connectivity index (χ1n) is 15.2. The maximum atomic E-state index is 16.7. The predicted octanol–water partition coefficient (Wildman–Crippen LogP) is 6.89. The van der Waals surface area contributed by atoms with Gasteiger partial charge in [0.05, 0.1) is 0 Å². The van der Waals surface area contributed by atoms with E-state index in [4.69, 9.17) is 14.2 Å². The average Bonchev–Trinajstić information content (AvgIpc) is 2.99. The van der Waals surface area contributed by atoms with Gasteiger partial charge in [-0.05, 0) is 0 Å². The molecule has 2 amide bonds. The van der Waals surface area contributed by atoms with Gasteiger partial charge in [-0.15, -0.1) is 0 Å². The van der Waals surface area contributed by atoms with E-state index in [9.17, 15) is 31.2 Å². The van der Waals surface area contributed by atoms with Crippen LogP contribution in [-0.4, -0.2) is 97.4 Å². The molecule has 0 bridgehead atoms. The van der Waals surface area contributed by atoms with E-state index in [-0.39, 0.29) is 28.6 Å². The second-order valence-corrected chi connectivity index (χ2v) is 19.6. The monoisotopic (exact) mass is 877 g/mol. The van der Waals surface area contributed by atoms with E-state index in [1.165, 1.54) is 24.1 Å². The van der Waals surface area contributed by atoms with Gasteiger partial charge in [-0.2, -0.15) is 0 Å². The van der Waals surface area contributed by atoms with Gasteiger partial charge in [0.1, 0.15) is 0 Å². The SMILES string of the molecule is C=C1N(C)CN(C(=NC(=O)OC(C)(C)C)N(Cc2ccc(F)c(I(OS(=O)(=O)C(F)(F)F)c3ccc(OC)cc3)c2F)C(=O)OC(C)(C)C)CN1C. The Hall–Kier alpha value is -3.92. The Balaban J connectivity index is 2.29. The average molecular weight is 878 g/mol. The van der Waals surface area contributed by atoms with Crippen molar-refractivity contribution in [1.82, 2.24) is 19.6 Å². The summed E-state index contributed by atoms with van der Waals surface area (Å²) in [7, 11) is -1.73. The second kappa shape index (κ2) is 16.0. The van der Waals surface area contributed by atoms with Crippen LogP contribution in [0.15, 0.2) is 53.8 Å². The zero-order chi connectivity index (χ0) is 39.6. The van der Waals surface area contributed by atoms with Crippen LogP contribution in [0.5, 0.6) is 5.75 Å². The van der Waals surface area contributed by atoms with E-state index in [1.54, 1.807) is 65.4 Å². The molecular formula is C32H41F5IN5O8S. The van der Waals surface area contributed by atoms with Crippen molar-refractivity contribution < 1.29 is 56.7 Å². The fourth-order valence-corrected chi connectivity index (χ4v) is 11.0. The molecule has 1 fully saturated rings. The van der Waals surface area contributed by atoms with Crippen molar-refractivity contribution >= 4 is 48.5 Å². The Morgan fingerprint density at radius 2 is 1.46 bits per heavy atom. The molecule has 52 heavy (non-hydrogen) atoms. The van der Waals surface area contributed by atoms with E-state index in [0.29, 0.717) is 11.9 Å². The van der Waals surface area contributed by atoms with Crippen LogP contribution in [0, 0.1) is 18.8 Å². The topological polar surface area (TPSA) is 131 Å². The number of carbonyl (C=O) groups is 2. The number of hydrogen-bond acceptors (Lipinski definition) is 10. The maximum absolute atomic E-state index is 16.7. The van der Waals surface area contributed by atoms with Gasteiger partial charge in [0.15, 0.2) is 0 Å². The van der Waals surface area contributed by atoms with Gasteiger partial charge < -0.3 is 0 Å². The van der Waals surface area contributed by atoms with Gasteiger partial charge in [0.2, 0.25) is 0 Å². The Kier molecular flexibility index (Phi) is 13.1. The molecule has 0 aliphatic carbocycles. The Bertz CT molecular complexity index is 1780. The standard InChI is InChI=1S/C32H41F5IN5O8S/c1-20-40(8)18-42(19-41(20)9)27(39-28(44)49-30(2,3)4)43(29(45)50-31(5,6)7)17-21-11-16-24(33)26(25(21)34)38(51-52(46,47)32(35,36)37)22-12-14-23(48-10)15-13-22/h11-16H,1,17-19H2,2-10H3. The first kappa shape index (κ1) is 42.5. The zero-order valence-electron chi connectivity index (χ0n) is 30.0. The fraction of sp³-hybridized carbons (Fsp3) is 0.469. The number of hydrogen-bond donors (Lipinski definition) is 0. The molecule has 1 aliphatic heterocycles. The summed E-state index contributed by atoms with van der Waals surface area (Å²) < 4.78 is 117. The van der Waals surface area contributed by atoms with E-state index in [2.05, 4.69) is 14.1 Å². The van der Waals surface area contributed by atoms with Gasteiger partial charge in [-0.25, -0.2) is 0 Å². The molecule has 0 spiro atoms. The van der Waals surface area contributed by atoms with Gasteiger partial charge in [0, 0.05) is 0 Å². The van der Waals surface area contributed by atoms with Crippen LogP contribution in [0.1, 0.15) is 47.1 Å². The van der Waals surface area contributed by atoms with Crippen molar-refractivity contribution in [1.29, 1.82) is 0 Å². The quantitative estimate of drug-likeness (QED) is 0.0720. The third-order valence-electron chi connectivity index (χ3n) is 6.66. The summed E-state index contributed by atoms with van der Waals surface area (Å²) in [5.74, 6) is -2.50. The summed E-state index contributed by atoms with van der Waals surface area (Å²) in [5.41, 5.74) is -8.59. The number of rotatable bonds is 7. The molecule has 1 heterocycles. The summed E-state index contributed by atoms with van der Waals surface area (Å²) in [4.78, 5) is 36.6. The van der Waals surface area contributed by atoms with Crippen LogP contribution >= 0.6 is 20.2 Å². The molecule has 20 heteroatoms. The molecule has 0 radical (unpaired) electrons. The normalized spacial score (nSPS) is 15.0. The number of alkyl halides is 3. The first-order valence-corrected chi connectivity index (χ1v) is 19.7. The van der Waals surface area contributed by atoms with E-state index < -0.39 is 86.6 Å². The number of benzene rings is 2. The molecular weight excluding hydrogens is 836 g/mol. The Morgan fingerprint density at radius 1 is 0.923 bits per heavy atom. The molecule has 0 atom stereocenters. The zero-order valence-corrected chi connectivity index (χ0v) is 32.9. The summed E-state index contributed by atoms with van der Waals surface area (Å²) in [6, 6.07) is 6.40. The van der Waals surface area contributed by atoms with Crippen LogP contribution in [-0.2, 0) is 28.6 Å². The molecule has 0 aromatic heterocycles. The Morgan fingerprint density at radius 3 is 1.94 bits per heavy atom. The van der Waals surface area contributed by atoms with E-state index >= 15 is 8.78 Å². The fourth-order valence-electron chi connectivity index (χ4n) is 4.34. The van der Waals surface area contributed by atoms with Gasteiger partial charge in [0.25, 0.3) is 0 Å². The summed E-state index contributed by atoms with van der Waals surface area (Å²) in [5, 5.41) is 0. The van der Waals surface area contributed by atoms with Crippen LogP contribution in [0.3, 0.4) is 0 Å². The molecule has 3 rings (SSSR count). The molecule has 0 unspecified atom stereocenters. The van der Waals surface area contributed by atoms with Crippen LogP contribution in [0.2, 0.25) is 0 Å². The van der Waals surface area contributed by atoms with Crippen molar-refractivity contribution in [2.24, 2.45) is 4.99 Å². The van der Waals surface area contributed by atoms with Crippen LogP contribution in [0.4, 0.5) is 31.5 Å². The Labute approximate surface area is 307 Å². The van der Waals surface area contributed by atoms with Crippen molar-refractivity contribution in [2.45, 2.75) is 64.8 Å². The number of aliphatic imine (C=N–C) groups is 1. The van der Waals surface area contributed by atoms with Crippen molar-refractivity contribution in [3.8, 4) is 5.75 Å². The van der Waals surface area contributed by atoms with Crippen molar-refractivity contribution in [3.63, 3.8) is 0 Å². The van der Waals surface area contributed by atoms with Gasteiger partial charge in [-0.1, -0.05) is 0 Å². The molecule has 1 saturated heterocycles. The number of nitrogens with zero attached hydrogens (tertiary/aromatic N) is 5. The molecule has 2 aromatic rings. The molecule has 2 aromatic carbocycles. The number of methoxy groups -OCH3 is 1. The molecule has 0 N–H and O–H groups in total. The van der Waals surface area contributed by atoms with Gasteiger partial charge >= 0.3 is 308 Å². The molecule has 290 valence electrons. The molecule has 0 saturated carbocycles. The minimum atomic E-state index is -6.36. The van der Waals surface area contributed by atoms with Gasteiger partial charge in [-0.3, -0.25) is 0 Å². The number of halogens is 6.